The fraction of sp³-hybridized carbons (Fsp3) is 0.238. The number of phenolic OH excluding ortho intramolecular Hbond substituents is 1. The molecule has 0 fully saturated rings. The maximum atomic E-state index is 12.8. The van der Waals surface area contributed by atoms with Gasteiger partial charge in [0, 0.05) is 18.8 Å². The molecule has 0 atom stereocenters. The zero-order valence-corrected chi connectivity index (χ0v) is 15.2. The Bertz CT molecular complexity index is 836. The largest absolute Gasteiger partial charge is 0.506 e. The Labute approximate surface area is 154 Å². The minimum atomic E-state index is -0.356. The molecule has 0 aliphatic carbocycles. The van der Waals surface area contributed by atoms with E-state index in [2.05, 4.69) is 5.32 Å². The molecular weight excluding hydrogens is 326 g/mol. The summed E-state index contributed by atoms with van der Waals surface area (Å²) in [7, 11) is 0. The quantitative estimate of drug-likeness (QED) is 0.470. The molecule has 0 heterocycles. The van der Waals surface area contributed by atoms with E-state index in [0.717, 1.165) is 11.1 Å². The number of hydrogen-bond donors (Lipinski definition) is 2. The molecule has 134 valence electrons. The van der Waals surface area contributed by atoms with Gasteiger partial charge in [0.05, 0.1) is 5.69 Å². The number of nitriles is 1. The molecule has 2 N–H and O–H groups in total. The molecule has 1 amide bonds. The third-order valence-electron chi connectivity index (χ3n) is 3.96. The molecule has 5 heteroatoms. The first-order chi connectivity index (χ1) is 12.4. The second-order valence-electron chi connectivity index (χ2n) is 6.35. The molecule has 0 aromatic heterocycles. The number of anilines is 1. The number of hydrogen-bond acceptors (Lipinski definition) is 4. The van der Waals surface area contributed by atoms with Gasteiger partial charge in [-0.3, -0.25) is 4.79 Å². The fourth-order valence-electron chi connectivity index (χ4n) is 2.48. The van der Waals surface area contributed by atoms with Crippen LogP contribution >= 0.6 is 0 Å². The Balaban J connectivity index is 2.20. The molecule has 0 radical (unpaired) electrons. The predicted molar refractivity (Wildman–Crippen MR) is 102 cm³/mol. The van der Waals surface area contributed by atoms with Gasteiger partial charge in [-0.05, 0) is 44.0 Å². The zero-order valence-electron chi connectivity index (χ0n) is 15.2. The summed E-state index contributed by atoms with van der Waals surface area (Å²) in [5.41, 5.74) is 2.34. The van der Waals surface area contributed by atoms with Crippen LogP contribution in [0.5, 0.6) is 5.75 Å². The smallest absolute Gasteiger partial charge is 0.266 e. The van der Waals surface area contributed by atoms with Crippen LogP contribution in [0.3, 0.4) is 0 Å². The first-order valence-electron chi connectivity index (χ1n) is 8.43. The summed E-state index contributed by atoms with van der Waals surface area (Å²) in [6.07, 6.45) is 1.34. The predicted octanol–water partition coefficient (Wildman–Crippen LogP) is 3.96. The number of benzene rings is 2. The van der Waals surface area contributed by atoms with E-state index in [9.17, 15) is 15.2 Å². The molecule has 0 unspecified atom stereocenters. The van der Waals surface area contributed by atoms with Crippen LogP contribution in [0.25, 0.3) is 0 Å². The lowest BCUT2D eigenvalue weighted by Gasteiger charge is -2.26. The first-order valence-corrected chi connectivity index (χ1v) is 8.43. The Kier molecular flexibility index (Phi) is 6.40. The van der Waals surface area contributed by atoms with Crippen LogP contribution in [0, 0.1) is 18.3 Å². The molecule has 26 heavy (non-hydrogen) atoms. The minimum absolute atomic E-state index is 0.0189. The number of carbonyl (C=O) groups is 1. The lowest BCUT2D eigenvalue weighted by Crippen LogP contribution is -2.37. The van der Waals surface area contributed by atoms with Gasteiger partial charge in [0.1, 0.15) is 17.4 Å². The van der Waals surface area contributed by atoms with Crippen molar-refractivity contribution in [2.75, 3.05) is 5.32 Å². The highest BCUT2D eigenvalue weighted by atomic mass is 16.3. The van der Waals surface area contributed by atoms with Gasteiger partial charge in [0.15, 0.2) is 0 Å². The maximum Gasteiger partial charge on any atom is 0.266 e. The molecule has 0 bridgehead atoms. The van der Waals surface area contributed by atoms with Crippen LogP contribution in [-0.4, -0.2) is 22.0 Å². The normalized spacial score (nSPS) is 11.1. The average molecular weight is 349 g/mol. The fourth-order valence-corrected chi connectivity index (χ4v) is 2.48. The van der Waals surface area contributed by atoms with Gasteiger partial charge >= 0.3 is 0 Å². The summed E-state index contributed by atoms with van der Waals surface area (Å²) >= 11 is 0. The molecule has 2 aromatic rings. The van der Waals surface area contributed by atoms with Crippen molar-refractivity contribution in [2.45, 2.75) is 33.4 Å². The highest BCUT2D eigenvalue weighted by Crippen LogP contribution is 2.24. The van der Waals surface area contributed by atoms with Crippen molar-refractivity contribution in [3.8, 4) is 11.8 Å². The number of nitrogens with zero attached hydrogens (tertiary/aromatic N) is 2. The molecule has 0 spiro atoms. The first kappa shape index (κ1) is 19.1. The van der Waals surface area contributed by atoms with Gasteiger partial charge in [0.2, 0.25) is 0 Å². The molecule has 0 saturated heterocycles. The summed E-state index contributed by atoms with van der Waals surface area (Å²) in [6, 6.07) is 16.7. The van der Waals surface area contributed by atoms with E-state index >= 15 is 0 Å². The number of rotatable bonds is 6. The van der Waals surface area contributed by atoms with Crippen molar-refractivity contribution in [1.82, 2.24) is 4.90 Å². The van der Waals surface area contributed by atoms with Gasteiger partial charge in [-0.1, -0.05) is 36.4 Å². The Morgan fingerprint density at radius 2 is 1.96 bits per heavy atom. The highest BCUT2D eigenvalue weighted by molar-refractivity contribution is 5.97. The van der Waals surface area contributed by atoms with Crippen LogP contribution in [0.1, 0.15) is 25.0 Å². The molecule has 2 rings (SSSR count). The van der Waals surface area contributed by atoms with Gasteiger partial charge in [-0.15, -0.1) is 0 Å². The monoisotopic (exact) mass is 349 g/mol. The van der Waals surface area contributed by atoms with E-state index in [4.69, 9.17) is 0 Å². The third kappa shape index (κ3) is 4.87. The van der Waals surface area contributed by atoms with Gasteiger partial charge < -0.3 is 15.3 Å². The number of nitrogens with one attached hydrogen (secondary N) is 1. The highest BCUT2D eigenvalue weighted by Gasteiger charge is 2.21. The Hall–Kier alpha value is -3.26. The number of carbonyl (C=O) groups excluding carboxylic acids is 1. The number of phenols is 1. The SMILES string of the molecule is Cc1ccc(N/C=C(/C#N)C(=O)N(Cc2ccccc2)C(C)C)c(O)c1. The lowest BCUT2D eigenvalue weighted by molar-refractivity contribution is -0.129. The molecule has 0 aliphatic rings. The van der Waals surface area contributed by atoms with Gasteiger partial charge in [-0.25, -0.2) is 0 Å². The van der Waals surface area contributed by atoms with Crippen molar-refractivity contribution in [2.24, 2.45) is 0 Å². The summed E-state index contributed by atoms with van der Waals surface area (Å²) in [6.45, 7) is 6.12. The molecule has 2 aromatic carbocycles. The summed E-state index contributed by atoms with van der Waals surface area (Å²) in [5.74, 6) is -0.290. The zero-order chi connectivity index (χ0) is 19.1. The van der Waals surface area contributed by atoms with Crippen molar-refractivity contribution in [1.29, 1.82) is 5.26 Å². The van der Waals surface area contributed by atoms with E-state index in [0.29, 0.717) is 12.2 Å². The average Bonchev–Trinajstić information content (AvgIpc) is 2.62. The van der Waals surface area contributed by atoms with E-state index < -0.39 is 0 Å². The number of amides is 1. The van der Waals surface area contributed by atoms with Gasteiger partial charge in [-0.2, -0.15) is 5.26 Å². The van der Waals surface area contributed by atoms with Crippen LogP contribution in [0.15, 0.2) is 60.3 Å². The minimum Gasteiger partial charge on any atom is -0.506 e. The van der Waals surface area contributed by atoms with Crippen LogP contribution < -0.4 is 5.32 Å². The summed E-state index contributed by atoms with van der Waals surface area (Å²) < 4.78 is 0. The van der Waals surface area contributed by atoms with E-state index in [1.54, 1.807) is 17.0 Å². The van der Waals surface area contributed by atoms with Crippen LogP contribution in [0.4, 0.5) is 5.69 Å². The Morgan fingerprint density at radius 1 is 1.27 bits per heavy atom. The van der Waals surface area contributed by atoms with Crippen molar-refractivity contribution in [3.05, 3.63) is 71.4 Å². The van der Waals surface area contributed by atoms with Gasteiger partial charge in [0.25, 0.3) is 5.91 Å². The molecule has 0 saturated carbocycles. The lowest BCUT2D eigenvalue weighted by atomic mass is 10.1. The Morgan fingerprint density at radius 3 is 2.54 bits per heavy atom. The standard InChI is InChI=1S/C21H23N3O2/c1-15(2)24(14-17-7-5-4-6-8-17)21(26)18(12-22)13-23-19-10-9-16(3)11-20(19)25/h4-11,13,15,23,25H,14H2,1-3H3/b18-13-. The second kappa shape index (κ2) is 8.72. The third-order valence-corrected chi connectivity index (χ3v) is 3.96. The van der Waals surface area contributed by atoms with Crippen molar-refractivity contribution >= 4 is 11.6 Å². The maximum absolute atomic E-state index is 12.8. The van der Waals surface area contributed by atoms with E-state index in [-0.39, 0.29) is 23.3 Å². The topological polar surface area (TPSA) is 76.4 Å². The molecule has 5 nitrogen and oxygen atoms in total. The van der Waals surface area contributed by atoms with Crippen LogP contribution in [0.2, 0.25) is 0 Å². The second-order valence-corrected chi connectivity index (χ2v) is 6.35. The number of aryl methyl sites for hydroxylation is 1. The summed E-state index contributed by atoms with van der Waals surface area (Å²) in [5, 5.41) is 22.2. The van der Waals surface area contributed by atoms with E-state index in [1.165, 1.54) is 6.20 Å². The van der Waals surface area contributed by atoms with Crippen molar-refractivity contribution < 1.29 is 9.90 Å². The molecular formula is C21H23N3O2. The number of aromatic hydroxyl groups is 1. The molecule has 0 aliphatic heterocycles. The van der Waals surface area contributed by atoms with E-state index in [1.807, 2.05) is 63.2 Å². The summed E-state index contributed by atoms with van der Waals surface area (Å²) in [4.78, 5) is 14.5. The van der Waals surface area contributed by atoms with Crippen LogP contribution in [-0.2, 0) is 11.3 Å². The van der Waals surface area contributed by atoms with Crippen molar-refractivity contribution in [3.63, 3.8) is 0 Å².